The van der Waals surface area contributed by atoms with Gasteiger partial charge in [0, 0.05) is 35.6 Å². The van der Waals surface area contributed by atoms with Crippen LogP contribution in [0.5, 0.6) is 0 Å². The van der Waals surface area contributed by atoms with Crippen LogP contribution in [0.4, 0.5) is 0 Å². The van der Waals surface area contributed by atoms with Crippen LogP contribution in [0.15, 0.2) is 5.38 Å². The lowest BCUT2D eigenvalue weighted by atomic mass is 9.86. The Bertz CT molecular complexity index is 355. The summed E-state index contributed by atoms with van der Waals surface area (Å²) >= 11 is 1.70. The lowest BCUT2D eigenvalue weighted by Crippen LogP contribution is -2.45. The molecule has 1 aliphatic heterocycles. The molecule has 0 saturated carbocycles. The second kappa shape index (κ2) is 4.79. The van der Waals surface area contributed by atoms with E-state index in [9.17, 15) is 0 Å². The molecule has 1 fully saturated rings. The molecule has 2 heterocycles. The molecule has 2 unspecified atom stereocenters. The minimum absolute atomic E-state index is 0.0618. The fourth-order valence-corrected chi connectivity index (χ4v) is 2.59. The maximum atomic E-state index is 6.02. The summed E-state index contributed by atoms with van der Waals surface area (Å²) in [5, 5.41) is 6.62. The summed E-state index contributed by atoms with van der Waals surface area (Å²) in [6.45, 7) is 7.31. The van der Waals surface area contributed by atoms with Gasteiger partial charge in [0.05, 0.1) is 13.2 Å². The van der Waals surface area contributed by atoms with Crippen molar-refractivity contribution < 1.29 is 4.74 Å². The van der Waals surface area contributed by atoms with Crippen LogP contribution in [-0.2, 0) is 11.3 Å². The molecule has 0 aromatic carbocycles. The molecular formula is C11H19N3OS. The SMILES string of the molecule is Cc1csc(CNCC2(C)COCC2N)n1. The maximum Gasteiger partial charge on any atom is 0.107 e. The Kier molecular flexibility index (Phi) is 3.59. The third kappa shape index (κ3) is 2.60. The highest BCUT2D eigenvalue weighted by Gasteiger charge is 2.37. The Hall–Kier alpha value is -0.490. The molecule has 1 saturated heterocycles. The molecule has 0 amide bonds. The van der Waals surface area contributed by atoms with Crippen LogP contribution in [0.25, 0.3) is 0 Å². The van der Waals surface area contributed by atoms with Gasteiger partial charge >= 0.3 is 0 Å². The van der Waals surface area contributed by atoms with E-state index in [1.165, 1.54) is 0 Å². The van der Waals surface area contributed by atoms with Gasteiger partial charge in [-0.2, -0.15) is 0 Å². The highest BCUT2D eigenvalue weighted by atomic mass is 32.1. The lowest BCUT2D eigenvalue weighted by molar-refractivity contribution is 0.158. The highest BCUT2D eigenvalue weighted by molar-refractivity contribution is 7.09. The zero-order chi connectivity index (χ0) is 11.6. The van der Waals surface area contributed by atoms with E-state index in [1.54, 1.807) is 11.3 Å². The fraction of sp³-hybridized carbons (Fsp3) is 0.727. The number of aryl methyl sites for hydroxylation is 1. The third-order valence-electron chi connectivity index (χ3n) is 3.10. The highest BCUT2D eigenvalue weighted by Crippen LogP contribution is 2.26. The summed E-state index contributed by atoms with van der Waals surface area (Å²) in [6, 6.07) is 0.137. The Labute approximate surface area is 100 Å². The normalized spacial score (nSPS) is 29.8. The first-order valence-electron chi connectivity index (χ1n) is 5.55. The molecule has 2 rings (SSSR count). The van der Waals surface area contributed by atoms with Gasteiger partial charge in [0.25, 0.3) is 0 Å². The van der Waals surface area contributed by atoms with Gasteiger partial charge in [-0.15, -0.1) is 11.3 Å². The van der Waals surface area contributed by atoms with E-state index in [-0.39, 0.29) is 11.5 Å². The average molecular weight is 241 g/mol. The van der Waals surface area contributed by atoms with Crippen molar-refractivity contribution in [3.05, 3.63) is 16.1 Å². The van der Waals surface area contributed by atoms with Crippen molar-refractivity contribution in [1.82, 2.24) is 10.3 Å². The summed E-state index contributed by atoms with van der Waals surface area (Å²) in [4.78, 5) is 4.41. The van der Waals surface area contributed by atoms with Crippen molar-refractivity contribution in [3.8, 4) is 0 Å². The van der Waals surface area contributed by atoms with E-state index in [1.807, 2.05) is 6.92 Å². The number of rotatable bonds is 4. The largest absolute Gasteiger partial charge is 0.379 e. The number of hydrogen-bond acceptors (Lipinski definition) is 5. The van der Waals surface area contributed by atoms with Gasteiger partial charge in [-0.3, -0.25) is 0 Å². The van der Waals surface area contributed by atoms with Gasteiger partial charge in [0.1, 0.15) is 5.01 Å². The van der Waals surface area contributed by atoms with Gasteiger partial charge in [0.15, 0.2) is 0 Å². The summed E-state index contributed by atoms with van der Waals surface area (Å²) in [6.07, 6.45) is 0. The maximum absolute atomic E-state index is 6.02. The average Bonchev–Trinajstić information content (AvgIpc) is 2.76. The summed E-state index contributed by atoms with van der Waals surface area (Å²) in [5.74, 6) is 0. The molecule has 0 radical (unpaired) electrons. The number of nitrogens with two attached hydrogens (primary N) is 1. The van der Waals surface area contributed by atoms with Gasteiger partial charge < -0.3 is 15.8 Å². The van der Waals surface area contributed by atoms with Crippen LogP contribution in [-0.4, -0.2) is 30.8 Å². The van der Waals surface area contributed by atoms with E-state index >= 15 is 0 Å². The van der Waals surface area contributed by atoms with Crippen molar-refractivity contribution in [3.63, 3.8) is 0 Å². The minimum atomic E-state index is 0.0618. The van der Waals surface area contributed by atoms with Crippen molar-refractivity contribution in [2.75, 3.05) is 19.8 Å². The Morgan fingerprint density at radius 1 is 1.75 bits per heavy atom. The molecule has 4 nitrogen and oxygen atoms in total. The molecule has 0 spiro atoms. The van der Waals surface area contributed by atoms with Crippen molar-refractivity contribution in [2.45, 2.75) is 26.4 Å². The Balaban J connectivity index is 1.79. The molecule has 3 N–H and O–H groups in total. The fourth-order valence-electron chi connectivity index (χ4n) is 1.85. The molecule has 0 bridgehead atoms. The quantitative estimate of drug-likeness (QED) is 0.822. The number of nitrogens with one attached hydrogen (secondary N) is 1. The Morgan fingerprint density at radius 2 is 2.56 bits per heavy atom. The van der Waals surface area contributed by atoms with Crippen LogP contribution in [0, 0.1) is 12.3 Å². The van der Waals surface area contributed by atoms with E-state index < -0.39 is 0 Å². The standard InChI is InChI=1S/C11H19N3OS/c1-8-5-16-10(14-8)3-13-6-11(2)7-15-4-9(11)12/h5,9,13H,3-4,6-7,12H2,1-2H3. The van der Waals surface area contributed by atoms with Gasteiger partial charge in [0.2, 0.25) is 0 Å². The number of thiazole rings is 1. The van der Waals surface area contributed by atoms with Gasteiger partial charge in [-0.25, -0.2) is 4.98 Å². The molecule has 5 heteroatoms. The molecule has 1 aliphatic rings. The van der Waals surface area contributed by atoms with Crippen LogP contribution >= 0.6 is 11.3 Å². The van der Waals surface area contributed by atoms with E-state index in [4.69, 9.17) is 10.5 Å². The zero-order valence-electron chi connectivity index (χ0n) is 9.82. The van der Waals surface area contributed by atoms with E-state index in [0.29, 0.717) is 6.61 Å². The van der Waals surface area contributed by atoms with Crippen molar-refractivity contribution in [1.29, 1.82) is 0 Å². The molecule has 1 aromatic rings. The van der Waals surface area contributed by atoms with Crippen LogP contribution in [0.1, 0.15) is 17.6 Å². The minimum Gasteiger partial charge on any atom is -0.379 e. The van der Waals surface area contributed by atoms with Crippen LogP contribution in [0.2, 0.25) is 0 Å². The third-order valence-corrected chi connectivity index (χ3v) is 4.06. The van der Waals surface area contributed by atoms with Crippen molar-refractivity contribution >= 4 is 11.3 Å². The first-order valence-corrected chi connectivity index (χ1v) is 6.43. The summed E-state index contributed by atoms with van der Waals surface area (Å²) in [7, 11) is 0. The molecular weight excluding hydrogens is 222 g/mol. The first kappa shape index (κ1) is 12.0. The predicted octanol–water partition coefficient (Wildman–Crippen LogP) is 0.905. The van der Waals surface area contributed by atoms with Crippen LogP contribution in [0.3, 0.4) is 0 Å². The van der Waals surface area contributed by atoms with Gasteiger partial charge in [-0.05, 0) is 6.92 Å². The number of hydrogen-bond donors (Lipinski definition) is 2. The summed E-state index contributed by atoms with van der Waals surface area (Å²) in [5.41, 5.74) is 7.17. The van der Waals surface area contributed by atoms with E-state index in [2.05, 4.69) is 22.6 Å². The second-order valence-corrected chi connectivity index (χ2v) is 5.70. The van der Waals surface area contributed by atoms with E-state index in [0.717, 1.165) is 30.4 Å². The predicted molar refractivity (Wildman–Crippen MR) is 65.5 cm³/mol. The molecule has 2 atom stereocenters. The lowest BCUT2D eigenvalue weighted by Gasteiger charge is -2.26. The molecule has 16 heavy (non-hydrogen) atoms. The van der Waals surface area contributed by atoms with Crippen LogP contribution < -0.4 is 11.1 Å². The van der Waals surface area contributed by atoms with Gasteiger partial charge in [-0.1, -0.05) is 6.92 Å². The number of nitrogens with zero attached hydrogens (tertiary/aromatic N) is 1. The zero-order valence-corrected chi connectivity index (χ0v) is 10.6. The smallest absolute Gasteiger partial charge is 0.107 e. The number of aromatic nitrogens is 1. The summed E-state index contributed by atoms with van der Waals surface area (Å²) < 4.78 is 5.40. The second-order valence-electron chi connectivity index (χ2n) is 4.76. The molecule has 1 aromatic heterocycles. The molecule has 0 aliphatic carbocycles. The first-order chi connectivity index (χ1) is 7.60. The monoisotopic (exact) mass is 241 g/mol. The van der Waals surface area contributed by atoms with Crippen molar-refractivity contribution in [2.24, 2.45) is 11.1 Å². The topological polar surface area (TPSA) is 60.2 Å². The number of ether oxygens (including phenoxy) is 1. The Morgan fingerprint density at radius 3 is 3.12 bits per heavy atom. The molecule has 90 valence electrons.